The van der Waals surface area contributed by atoms with Crippen molar-refractivity contribution in [2.45, 2.75) is 45.6 Å². The molecule has 1 saturated heterocycles. The fraction of sp³-hybridized carbons (Fsp3) is 0.533. The van der Waals surface area contributed by atoms with Crippen LogP contribution >= 0.6 is 0 Å². The molecule has 3 heteroatoms. The molecule has 1 aromatic carbocycles. The summed E-state index contributed by atoms with van der Waals surface area (Å²) < 4.78 is 0. The number of nitrogens with zero attached hydrogens (tertiary/aromatic N) is 1. The van der Waals surface area contributed by atoms with E-state index in [0.717, 1.165) is 30.5 Å². The molecule has 0 saturated carbocycles. The molecule has 0 bridgehead atoms. The van der Waals surface area contributed by atoms with Gasteiger partial charge in [0.1, 0.15) is 0 Å². The largest absolute Gasteiger partial charge is 0.399 e. The molecule has 1 fully saturated rings. The molecule has 1 atom stereocenters. The van der Waals surface area contributed by atoms with Crippen LogP contribution < -0.4 is 5.73 Å². The second-order valence-corrected chi connectivity index (χ2v) is 5.27. The first-order valence-electron chi connectivity index (χ1n) is 6.76. The molecule has 1 aliphatic heterocycles. The molecule has 18 heavy (non-hydrogen) atoms. The van der Waals surface area contributed by atoms with Crippen molar-refractivity contribution in [1.29, 1.82) is 0 Å². The highest BCUT2D eigenvalue weighted by Crippen LogP contribution is 2.21. The minimum absolute atomic E-state index is 0.134. The highest BCUT2D eigenvalue weighted by Gasteiger charge is 2.24. The standard InChI is InChI=1S/C15H22N2O/c1-11-7-8-13(16)10-14(11)15(18)17-9-5-3-4-6-12(17)2/h7-8,10,12H,3-6,9,16H2,1-2H3. The van der Waals surface area contributed by atoms with E-state index in [1.165, 1.54) is 12.8 Å². The van der Waals surface area contributed by atoms with Gasteiger partial charge < -0.3 is 10.6 Å². The lowest BCUT2D eigenvalue weighted by molar-refractivity contribution is 0.0697. The van der Waals surface area contributed by atoms with Crippen molar-refractivity contribution in [1.82, 2.24) is 4.90 Å². The van der Waals surface area contributed by atoms with Gasteiger partial charge in [0, 0.05) is 23.8 Å². The topological polar surface area (TPSA) is 46.3 Å². The van der Waals surface area contributed by atoms with Gasteiger partial charge in [0.25, 0.3) is 5.91 Å². The molecule has 1 amide bonds. The molecular weight excluding hydrogens is 224 g/mol. The van der Waals surface area contributed by atoms with Crippen LogP contribution in [0.5, 0.6) is 0 Å². The first kappa shape index (κ1) is 12.9. The number of aryl methyl sites for hydroxylation is 1. The number of hydrogen-bond acceptors (Lipinski definition) is 2. The maximum absolute atomic E-state index is 12.6. The minimum atomic E-state index is 0.134. The van der Waals surface area contributed by atoms with Crippen molar-refractivity contribution in [3.05, 3.63) is 29.3 Å². The Kier molecular flexibility index (Phi) is 3.90. The zero-order chi connectivity index (χ0) is 13.1. The Bertz CT molecular complexity index is 442. The van der Waals surface area contributed by atoms with Crippen LogP contribution in [0.3, 0.4) is 0 Å². The van der Waals surface area contributed by atoms with Crippen molar-refractivity contribution in [2.75, 3.05) is 12.3 Å². The summed E-state index contributed by atoms with van der Waals surface area (Å²) in [4.78, 5) is 14.6. The summed E-state index contributed by atoms with van der Waals surface area (Å²) in [5.41, 5.74) is 8.21. The van der Waals surface area contributed by atoms with E-state index in [0.29, 0.717) is 11.7 Å². The summed E-state index contributed by atoms with van der Waals surface area (Å²) in [6.07, 6.45) is 4.66. The van der Waals surface area contributed by atoms with Crippen molar-refractivity contribution >= 4 is 11.6 Å². The van der Waals surface area contributed by atoms with E-state index in [-0.39, 0.29) is 5.91 Å². The maximum atomic E-state index is 12.6. The number of hydrogen-bond donors (Lipinski definition) is 1. The molecule has 1 aliphatic rings. The fourth-order valence-electron chi connectivity index (χ4n) is 2.60. The Morgan fingerprint density at radius 3 is 2.89 bits per heavy atom. The van der Waals surface area contributed by atoms with Gasteiger partial charge in [-0.3, -0.25) is 4.79 Å². The third kappa shape index (κ3) is 2.66. The Hall–Kier alpha value is -1.51. The highest BCUT2D eigenvalue weighted by atomic mass is 16.2. The molecule has 2 rings (SSSR count). The van der Waals surface area contributed by atoms with Gasteiger partial charge in [-0.2, -0.15) is 0 Å². The number of rotatable bonds is 1. The van der Waals surface area contributed by atoms with E-state index in [9.17, 15) is 4.79 Å². The number of carbonyl (C=O) groups excluding carboxylic acids is 1. The average Bonchev–Trinajstić information content (AvgIpc) is 2.56. The van der Waals surface area contributed by atoms with Gasteiger partial charge in [0.05, 0.1) is 0 Å². The van der Waals surface area contributed by atoms with E-state index >= 15 is 0 Å². The normalized spacial score (nSPS) is 20.6. The SMILES string of the molecule is Cc1ccc(N)cc1C(=O)N1CCCCCC1C. The smallest absolute Gasteiger partial charge is 0.254 e. The Morgan fingerprint density at radius 2 is 2.11 bits per heavy atom. The average molecular weight is 246 g/mol. The van der Waals surface area contributed by atoms with Crippen molar-refractivity contribution in [3.63, 3.8) is 0 Å². The monoisotopic (exact) mass is 246 g/mol. The van der Waals surface area contributed by atoms with Gasteiger partial charge in [-0.25, -0.2) is 0 Å². The van der Waals surface area contributed by atoms with Crippen LogP contribution in [-0.2, 0) is 0 Å². The molecule has 1 unspecified atom stereocenters. The zero-order valence-electron chi connectivity index (χ0n) is 11.3. The number of nitrogens with two attached hydrogens (primary N) is 1. The van der Waals surface area contributed by atoms with Crippen molar-refractivity contribution < 1.29 is 4.79 Å². The number of likely N-dealkylation sites (tertiary alicyclic amines) is 1. The van der Waals surface area contributed by atoms with Crippen LogP contribution in [0.25, 0.3) is 0 Å². The molecule has 3 nitrogen and oxygen atoms in total. The van der Waals surface area contributed by atoms with Crippen LogP contribution in [0, 0.1) is 6.92 Å². The summed E-state index contributed by atoms with van der Waals surface area (Å²) in [6, 6.07) is 5.90. The first-order chi connectivity index (χ1) is 8.59. The molecule has 0 radical (unpaired) electrons. The summed E-state index contributed by atoms with van der Waals surface area (Å²) >= 11 is 0. The Balaban J connectivity index is 2.26. The summed E-state index contributed by atoms with van der Waals surface area (Å²) in [6.45, 7) is 4.98. The third-order valence-electron chi connectivity index (χ3n) is 3.81. The number of benzene rings is 1. The van der Waals surface area contributed by atoms with E-state index in [4.69, 9.17) is 5.73 Å². The predicted octanol–water partition coefficient (Wildman–Crippen LogP) is 2.98. The van der Waals surface area contributed by atoms with Gasteiger partial charge in [-0.1, -0.05) is 18.9 Å². The molecule has 1 aromatic rings. The molecule has 1 heterocycles. The van der Waals surface area contributed by atoms with Crippen LogP contribution in [0.15, 0.2) is 18.2 Å². The van der Waals surface area contributed by atoms with Crippen LogP contribution in [-0.4, -0.2) is 23.4 Å². The molecule has 2 N–H and O–H groups in total. The fourth-order valence-corrected chi connectivity index (χ4v) is 2.60. The van der Waals surface area contributed by atoms with Crippen molar-refractivity contribution in [2.24, 2.45) is 0 Å². The molecule has 0 spiro atoms. The lowest BCUT2D eigenvalue weighted by Crippen LogP contribution is -2.38. The second kappa shape index (κ2) is 5.42. The van der Waals surface area contributed by atoms with Crippen molar-refractivity contribution in [3.8, 4) is 0 Å². The maximum Gasteiger partial charge on any atom is 0.254 e. The number of anilines is 1. The van der Waals surface area contributed by atoms with Gasteiger partial charge in [-0.15, -0.1) is 0 Å². The Labute approximate surface area is 109 Å². The predicted molar refractivity (Wildman–Crippen MR) is 74.6 cm³/mol. The van der Waals surface area contributed by atoms with E-state index in [1.807, 2.05) is 24.0 Å². The van der Waals surface area contributed by atoms with Gasteiger partial charge in [-0.05, 0) is 44.4 Å². The molecular formula is C15H22N2O. The second-order valence-electron chi connectivity index (χ2n) is 5.27. The Morgan fingerprint density at radius 1 is 1.33 bits per heavy atom. The quantitative estimate of drug-likeness (QED) is 0.774. The van der Waals surface area contributed by atoms with Crippen LogP contribution in [0.2, 0.25) is 0 Å². The van der Waals surface area contributed by atoms with Gasteiger partial charge in [0.2, 0.25) is 0 Å². The highest BCUT2D eigenvalue weighted by molar-refractivity contribution is 5.96. The minimum Gasteiger partial charge on any atom is -0.399 e. The molecule has 0 aliphatic carbocycles. The number of carbonyl (C=O) groups is 1. The zero-order valence-corrected chi connectivity index (χ0v) is 11.3. The summed E-state index contributed by atoms with van der Waals surface area (Å²) in [5.74, 6) is 0.134. The van der Waals surface area contributed by atoms with Crippen LogP contribution in [0.4, 0.5) is 5.69 Å². The number of amides is 1. The van der Waals surface area contributed by atoms with E-state index in [2.05, 4.69) is 6.92 Å². The summed E-state index contributed by atoms with van der Waals surface area (Å²) in [5, 5.41) is 0. The number of nitrogen functional groups attached to an aromatic ring is 1. The van der Waals surface area contributed by atoms with E-state index < -0.39 is 0 Å². The first-order valence-corrected chi connectivity index (χ1v) is 6.76. The van der Waals surface area contributed by atoms with Crippen LogP contribution in [0.1, 0.15) is 48.5 Å². The van der Waals surface area contributed by atoms with Gasteiger partial charge >= 0.3 is 0 Å². The van der Waals surface area contributed by atoms with E-state index in [1.54, 1.807) is 6.07 Å². The third-order valence-corrected chi connectivity index (χ3v) is 3.81. The lowest BCUT2D eigenvalue weighted by atomic mass is 10.1. The lowest BCUT2D eigenvalue weighted by Gasteiger charge is -2.28. The van der Waals surface area contributed by atoms with Gasteiger partial charge in [0.15, 0.2) is 0 Å². The summed E-state index contributed by atoms with van der Waals surface area (Å²) in [7, 11) is 0. The molecule has 98 valence electrons. The molecule has 0 aromatic heterocycles.